The van der Waals surface area contributed by atoms with E-state index in [4.69, 9.17) is 23.2 Å². The molecule has 1 aromatic carbocycles. The average molecular weight is 406 g/mol. The van der Waals surface area contributed by atoms with E-state index in [2.05, 4.69) is 15.2 Å². The van der Waals surface area contributed by atoms with Crippen LogP contribution in [0.15, 0.2) is 36.5 Å². The van der Waals surface area contributed by atoms with Gasteiger partial charge in [0.1, 0.15) is 11.5 Å². The molecule has 1 amide bonds. The van der Waals surface area contributed by atoms with Crippen LogP contribution >= 0.6 is 23.2 Å². The molecule has 0 saturated heterocycles. The number of rotatable bonds is 2. The quantitative estimate of drug-likeness (QED) is 0.649. The third kappa shape index (κ3) is 3.17. The molecular formula is C18H14Cl2FN5O. The molecule has 0 spiro atoms. The Bertz CT molecular complexity index is 1020. The Morgan fingerprint density at radius 3 is 2.78 bits per heavy atom. The molecule has 27 heavy (non-hydrogen) atoms. The predicted octanol–water partition coefficient (Wildman–Crippen LogP) is 3.83. The zero-order valence-corrected chi connectivity index (χ0v) is 15.7. The SMILES string of the molecule is CC1Cn2c(nnc2-c2ccc(F)cn2)CN1C(=O)c1cccc(Cl)c1Cl. The lowest BCUT2D eigenvalue weighted by Gasteiger charge is -2.34. The summed E-state index contributed by atoms with van der Waals surface area (Å²) in [5.74, 6) is 0.539. The molecule has 0 fully saturated rings. The molecule has 3 aromatic rings. The molecule has 2 aromatic heterocycles. The maximum Gasteiger partial charge on any atom is 0.256 e. The summed E-state index contributed by atoms with van der Waals surface area (Å²) in [6.07, 6.45) is 1.14. The lowest BCUT2D eigenvalue weighted by molar-refractivity contribution is 0.0612. The molecule has 0 bridgehead atoms. The van der Waals surface area contributed by atoms with Gasteiger partial charge in [0.05, 0.1) is 28.4 Å². The van der Waals surface area contributed by atoms with Crippen LogP contribution < -0.4 is 0 Å². The zero-order valence-electron chi connectivity index (χ0n) is 14.2. The topological polar surface area (TPSA) is 63.9 Å². The van der Waals surface area contributed by atoms with Crippen molar-refractivity contribution in [1.82, 2.24) is 24.6 Å². The normalized spacial score (nSPS) is 16.3. The number of aromatic nitrogens is 4. The van der Waals surface area contributed by atoms with Crippen LogP contribution in [0.2, 0.25) is 10.0 Å². The molecule has 6 nitrogen and oxygen atoms in total. The van der Waals surface area contributed by atoms with Gasteiger partial charge < -0.3 is 9.47 Å². The molecule has 0 N–H and O–H groups in total. The molecule has 3 heterocycles. The number of carbonyl (C=O) groups excluding carboxylic acids is 1. The van der Waals surface area contributed by atoms with Gasteiger partial charge in [-0.15, -0.1) is 10.2 Å². The molecule has 1 aliphatic heterocycles. The van der Waals surface area contributed by atoms with Crippen molar-refractivity contribution in [2.75, 3.05) is 0 Å². The highest BCUT2D eigenvalue weighted by atomic mass is 35.5. The lowest BCUT2D eigenvalue weighted by Crippen LogP contribution is -2.45. The van der Waals surface area contributed by atoms with Gasteiger partial charge in [-0.05, 0) is 31.2 Å². The van der Waals surface area contributed by atoms with Gasteiger partial charge in [0.2, 0.25) is 0 Å². The first-order valence-electron chi connectivity index (χ1n) is 8.24. The Morgan fingerprint density at radius 1 is 1.22 bits per heavy atom. The predicted molar refractivity (Wildman–Crippen MR) is 99.0 cm³/mol. The third-order valence-corrected chi connectivity index (χ3v) is 5.34. The summed E-state index contributed by atoms with van der Waals surface area (Å²) in [5.41, 5.74) is 0.879. The first-order valence-corrected chi connectivity index (χ1v) is 9.00. The van der Waals surface area contributed by atoms with E-state index in [1.807, 2.05) is 11.5 Å². The lowest BCUT2D eigenvalue weighted by atomic mass is 10.1. The van der Waals surface area contributed by atoms with Gasteiger partial charge in [0.25, 0.3) is 5.91 Å². The van der Waals surface area contributed by atoms with Gasteiger partial charge in [-0.3, -0.25) is 4.79 Å². The molecule has 0 radical (unpaired) electrons. The standard InChI is InChI=1S/C18H14Cl2FN5O/c1-10-8-26-15(23-24-17(26)14-6-5-11(21)7-22-14)9-25(10)18(27)12-3-2-4-13(19)16(12)20/h2-7,10H,8-9H2,1H3. The highest BCUT2D eigenvalue weighted by Gasteiger charge is 2.32. The van der Waals surface area contributed by atoms with Gasteiger partial charge in [-0.25, -0.2) is 9.37 Å². The molecule has 4 rings (SSSR count). The molecule has 1 unspecified atom stereocenters. The average Bonchev–Trinajstić information content (AvgIpc) is 3.06. The fourth-order valence-electron chi connectivity index (χ4n) is 3.11. The smallest absolute Gasteiger partial charge is 0.256 e. The van der Waals surface area contributed by atoms with Crippen LogP contribution in [0.4, 0.5) is 4.39 Å². The van der Waals surface area contributed by atoms with Crippen LogP contribution in [-0.2, 0) is 13.1 Å². The minimum Gasteiger partial charge on any atom is -0.327 e. The van der Waals surface area contributed by atoms with E-state index in [-0.39, 0.29) is 23.5 Å². The van der Waals surface area contributed by atoms with Crippen molar-refractivity contribution in [3.05, 3.63) is 63.8 Å². The Morgan fingerprint density at radius 2 is 2.04 bits per heavy atom. The Hall–Kier alpha value is -2.51. The van der Waals surface area contributed by atoms with Crippen molar-refractivity contribution >= 4 is 29.1 Å². The largest absolute Gasteiger partial charge is 0.327 e. The van der Waals surface area contributed by atoms with E-state index in [0.717, 1.165) is 6.20 Å². The number of amides is 1. The van der Waals surface area contributed by atoms with Crippen LogP contribution in [-0.4, -0.2) is 36.6 Å². The first-order chi connectivity index (χ1) is 13.0. The fraction of sp³-hybridized carbons (Fsp3) is 0.222. The number of hydrogen-bond acceptors (Lipinski definition) is 4. The number of pyridine rings is 1. The van der Waals surface area contributed by atoms with E-state index in [9.17, 15) is 9.18 Å². The number of benzene rings is 1. The molecule has 1 atom stereocenters. The Labute approximate surface area is 164 Å². The van der Waals surface area contributed by atoms with Gasteiger partial charge in [0.15, 0.2) is 11.6 Å². The minimum absolute atomic E-state index is 0.129. The van der Waals surface area contributed by atoms with Crippen LogP contribution in [0.1, 0.15) is 23.1 Å². The summed E-state index contributed by atoms with van der Waals surface area (Å²) in [4.78, 5) is 18.7. The number of fused-ring (bicyclic) bond motifs is 1. The second-order valence-corrected chi connectivity index (χ2v) is 7.08. The molecular weight excluding hydrogens is 392 g/mol. The summed E-state index contributed by atoms with van der Waals surface area (Å²) in [6.45, 7) is 2.69. The highest BCUT2D eigenvalue weighted by Crippen LogP contribution is 2.29. The second kappa shape index (κ2) is 6.90. The molecule has 9 heteroatoms. The van der Waals surface area contributed by atoms with Crippen LogP contribution in [0, 0.1) is 5.82 Å². The number of carbonyl (C=O) groups is 1. The van der Waals surface area contributed by atoms with Crippen molar-refractivity contribution in [2.45, 2.75) is 26.1 Å². The Kier molecular flexibility index (Phi) is 4.57. The van der Waals surface area contributed by atoms with E-state index < -0.39 is 5.82 Å². The summed E-state index contributed by atoms with van der Waals surface area (Å²) in [6, 6.07) is 7.73. The molecule has 0 aliphatic carbocycles. The number of halogens is 3. The molecule has 138 valence electrons. The van der Waals surface area contributed by atoms with E-state index in [1.165, 1.54) is 6.07 Å². The third-order valence-electron chi connectivity index (χ3n) is 4.52. The van der Waals surface area contributed by atoms with Gasteiger partial charge in [-0.2, -0.15) is 0 Å². The number of nitrogens with zero attached hydrogens (tertiary/aromatic N) is 5. The van der Waals surface area contributed by atoms with Crippen molar-refractivity contribution in [1.29, 1.82) is 0 Å². The number of hydrogen-bond donors (Lipinski definition) is 0. The highest BCUT2D eigenvalue weighted by molar-refractivity contribution is 6.43. The summed E-state index contributed by atoms with van der Waals surface area (Å²) < 4.78 is 15.0. The second-order valence-electron chi connectivity index (χ2n) is 6.30. The van der Waals surface area contributed by atoms with Crippen LogP contribution in [0.3, 0.4) is 0 Å². The minimum atomic E-state index is -0.416. The van der Waals surface area contributed by atoms with Gasteiger partial charge in [0, 0.05) is 12.6 Å². The summed E-state index contributed by atoms with van der Waals surface area (Å²) >= 11 is 12.2. The van der Waals surface area contributed by atoms with E-state index in [1.54, 1.807) is 29.2 Å². The van der Waals surface area contributed by atoms with E-state index in [0.29, 0.717) is 34.5 Å². The molecule has 0 saturated carbocycles. The zero-order chi connectivity index (χ0) is 19.1. The Balaban J connectivity index is 1.65. The van der Waals surface area contributed by atoms with Crippen molar-refractivity contribution in [3.63, 3.8) is 0 Å². The van der Waals surface area contributed by atoms with Crippen molar-refractivity contribution < 1.29 is 9.18 Å². The van der Waals surface area contributed by atoms with Crippen LogP contribution in [0.5, 0.6) is 0 Å². The van der Waals surface area contributed by atoms with Crippen LogP contribution in [0.25, 0.3) is 11.5 Å². The van der Waals surface area contributed by atoms with Crippen molar-refractivity contribution in [3.8, 4) is 11.5 Å². The van der Waals surface area contributed by atoms with Gasteiger partial charge in [-0.1, -0.05) is 29.3 Å². The van der Waals surface area contributed by atoms with Gasteiger partial charge >= 0.3 is 0 Å². The van der Waals surface area contributed by atoms with E-state index >= 15 is 0 Å². The monoisotopic (exact) mass is 405 g/mol. The maximum absolute atomic E-state index is 13.1. The van der Waals surface area contributed by atoms with Crippen molar-refractivity contribution in [2.24, 2.45) is 0 Å². The fourth-order valence-corrected chi connectivity index (χ4v) is 3.49. The first kappa shape index (κ1) is 17.9. The molecule has 1 aliphatic rings. The summed E-state index contributed by atoms with van der Waals surface area (Å²) in [5, 5.41) is 8.92. The summed E-state index contributed by atoms with van der Waals surface area (Å²) in [7, 11) is 0. The maximum atomic E-state index is 13.1.